The Labute approximate surface area is 169 Å². The number of furan rings is 1. The molecule has 0 radical (unpaired) electrons. The van der Waals surface area contributed by atoms with E-state index in [-0.39, 0.29) is 18.1 Å². The first-order chi connectivity index (χ1) is 13.0. The Balaban J connectivity index is 1.65. The van der Waals surface area contributed by atoms with Crippen LogP contribution in [0, 0.1) is 3.57 Å². The number of benzene rings is 1. The van der Waals surface area contributed by atoms with E-state index in [9.17, 15) is 9.59 Å². The first kappa shape index (κ1) is 19.0. The van der Waals surface area contributed by atoms with Crippen LogP contribution in [0.2, 0.25) is 0 Å². The molecule has 3 rings (SSSR count). The lowest BCUT2D eigenvalue weighted by Crippen LogP contribution is -2.21. The van der Waals surface area contributed by atoms with Gasteiger partial charge >= 0.3 is 0 Å². The van der Waals surface area contributed by atoms with Gasteiger partial charge in [0.15, 0.2) is 11.5 Å². The molecule has 0 unspecified atom stereocenters. The third-order valence-electron chi connectivity index (χ3n) is 3.60. The van der Waals surface area contributed by atoms with Gasteiger partial charge in [-0.05, 0) is 59.0 Å². The van der Waals surface area contributed by atoms with Gasteiger partial charge in [0, 0.05) is 23.9 Å². The van der Waals surface area contributed by atoms with Crippen molar-refractivity contribution in [2.45, 2.75) is 6.61 Å². The second-order valence-corrected chi connectivity index (χ2v) is 6.85. The van der Waals surface area contributed by atoms with E-state index >= 15 is 0 Å². The number of amides is 2. The van der Waals surface area contributed by atoms with Gasteiger partial charge in [0.1, 0.15) is 18.1 Å². The number of ether oxygens (including phenoxy) is 1. The van der Waals surface area contributed by atoms with Gasteiger partial charge in [0.2, 0.25) is 0 Å². The smallest absolute Gasteiger partial charge is 0.291 e. The molecule has 27 heavy (non-hydrogen) atoms. The molecule has 0 fully saturated rings. The number of hydrogen-bond donors (Lipinski definition) is 2. The summed E-state index contributed by atoms with van der Waals surface area (Å²) in [5.41, 5.74) is 0.428. The van der Waals surface area contributed by atoms with E-state index in [1.54, 1.807) is 25.4 Å². The maximum absolute atomic E-state index is 12.4. The molecule has 0 saturated carbocycles. The fourth-order valence-electron chi connectivity index (χ4n) is 2.31. The Morgan fingerprint density at radius 1 is 1.19 bits per heavy atom. The summed E-state index contributed by atoms with van der Waals surface area (Å²) < 4.78 is 13.7. The molecular weight excluding hydrogens is 463 g/mol. The van der Waals surface area contributed by atoms with Gasteiger partial charge in [-0.2, -0.15) is 5.10 Å². The average molecular weight is 480 g/mol. The minimum atomic E-state index is -0.478. The average Bonchev–Trinajstić information content (AvgIpc) is 3.27. The predicted molar refractivity (Wildman–Crippen MR) is 107 cm³/mol. The monoisotopic (exact) mass is 480 g/mol. The first-order valence-electron chi connectivity index (χ1n) is 8.00. The molecule has 0 aliphatic carbocycles. The molecule has 3 aromatic rings. The highest BCUT2D eigenvalue weighted by atomic mass is 127. The predicted octanol–water partition coefficient (Wildman–Crippen LogP) is 2.81. The van der Waals surface area contributed by atoms with Crippen molar-refractivity contribution in [3.63, 3.8) is 0 Å². The Morgan fingerprint density at radius 2 is 1.93 bits per heavy atom. The highest BCUT2D eigenvalue weighted by Crippen LogP contribution is 2.18. The molecule has 0 spiro atoms. The van der Waals surface area contributed by atoms with Crippen LogP contribution in [0.4, 0.5) is 5.69 Å². The Bertz CT molecular complexity index is 962. The van der Waals surface area contributed by atoms with Gasteiger partial charge in [0.05, 0.1) is 5.69 Å². The summed E-state index contributed by atoms with van der Waals surface area (Å²) in [6.07, 6.45) is 1.55. The van der Waals surface area contributed by atoms with Gasteiger partial charge in [0.25, 0.3) is 11.8 Å². The van der Waals surface area contributed by atoms with Crippen LogP contribution in [0.5, 0.6) is 5.75 Å². The minimum Gasteiger partial charge on any atom is -0.486 e. The third kappa shape index (κ3) is 4.67. The zero-order valence-corrected chi connectivity index (χ0v) is 16.8. The Kier molecular flexibility index (Phi) is 5.79. The number of carbonyl (C=O) groups excluding carboxylic acids is 2. The second kappa shape index (κ2) is 8.25. The largest absolute Gasteiger partial charge is 0.486 e. The van der Waals surface area contributed by atoms with E-state index in [1.807, 2.05) is 24.3 Å². The van der Waals surface area contributed by atoms with Gasteiger partial charge in [-0.3, -0.25) is 14.3 Å². The summed E-state index contributed by atoms with van der Waals surface area (Å²) in [7, 11) is 3.16. The van der Waals surface area contributed by atoms with Crippen molar-refractivity contribution >= 4 is 40.1 Å². The summed E-state index contributed by atoms with van der Waals surface area (Å²) in [4.78, 5) is 24.2. The molecule has 2 heterocycles. The molecular formula is C18H17IN4O4. The van der Waals surface area contributed by atoms with Gasteiger partial charge in [-0.25, -0.2) is 0 Å². The molecule has 2 amide bonds. The normalized spacial score (nSPS) is 10.5. The Morgan fingerprint density at radius 3 is 2.63 bits per heavy atom. The van der Waals surface area contributed by atoms with Crippen molar-refractivity contribution in [3.8, 4) is 5.75 Å². The minimum absolute atomic E-state index is 0.114. The molecule has 2 aromatic heterocycles. The van der Waals surface area contributed by atoms with Crippen LogP contribution in [0.3, 0.4) is 0 Å². The number of carbonyl (C=O) groups is 2. The number of rotatable bonds is 6. The van der Waals surface area contributed by atoms with Gasteiger partial charge in [-0.1, -0.05) is 0 Å². The van der Waals surface area contributed by atoms with Crippen molar-refractivity contribution in [2.24, 2.45) is 7.05 Å². The highest BCUT2D eigenvalue weighted by molar-refractivity contribution is 14.1. The SMILES string of the molecule is CNC(=O)c1nn(C)cc1NC(=O)c1ccc(COc2ccc(I)cc2)o1. The molecule has 0 atom stereocenters. The maximum Gasteiger partial charge on any atom is 0.291 e. The zero-order valence-electron chi connectivity index (χ0n) is 14.7. The van der Waals surface area contributed by atoms with Crippen molar-refractivity contribution in [2.75, 3.05) is 12.4 Å². The second-order valence-electron chi connectivity index (χ2n) is 5.61. The number of hydrogen-bond acceptors (Lipinski definition) is 5. The Hall–Kier alpha value is -2.82. The number of halogens is 1. The van der Waals surface area contributed by atoms with Gasteiger partial charge < -0.3 is 19.8 Å². The fourth-order valence-corrected chi connectivity index (χ4v) is 2.67. The molecule has 2 N–H and O–H groups in total. The summed E-state index contributed by atoms with van der Waals surface area (Å²) in [5, 5.41) is 9.16. The van der Waals surface area contributed by atoms with E-state index < -0.39 is 11.8 Å². The van der Waals surface area contributed by atoms with Crippen molar-refractivity contribution in [1.29, 1.82) is 0 Å². The molecule has 0 bridgehead atoms. The van der Waals surface area contributed by atoms with E-state index in [1.165, 1.54) is 11.7 Å². The number of aromatic nitrogens is 2. The molecule has 8 nitrogen and oxygen atoms in total. The van der Waals surface area contributed by atoms with Crippen molar-refractivity contribution in [1.82, 2.24) is 15.1 Å². The van der Waals surface area contributed by atoms with Crippen LogP contribution in [-0.2, 0) is 13.7 Å². The molecule has 0 saturated heterocycles. The van der Waals surface area contributed by atoms with Crippen LogP contribution in [0.25, 0.3) is 0 Å². The van der Waals surface area contributed by atoms with Crippen molar-refractivity contribution in [3.05, 3.63) is 63.4 Å². The van der Waals surface area contributed by atoms with Crippen LogP contribution < -0.4 is 15.4 Å². The van der Waals surface area contributed by atoms with E-state index in [4.69, 9.17) is 9.15 Å². The summed E-state index contributed by atoms with van der Waals surface area (Å²) in [6, 6.07) is 10.8. The number of anilines is 1. The summed E-state index contributed by atoms with van der Waals surface area (Å²) in [5.74, 6) is 0.466. The van der Waals surface area contributed by atoms with Crippen LogP contribution in [-0.4, -0.2) is 28.6 Å². The number of aryl methyl sites for hydroxylation is 1. The number of nitrogens with zero attached hydrogens (tertiary/aromatic N) is 2. The molecule has 0 aliphatic heterocycles. The van der Waals surface area contributed by atoms with E-state index in [2.05, 4.69) is 38.3 Å². The van der Waals surface area contributed by atoms with Crippen LogP contribution >= 0.6 is 22.6 Å². The standard InChI is InChI=1S/C18H17IN4O4/c1-20-18(25)16-14(9-23(2)22-16)21-17(24)15-8-7-13(27-15)10-26-12-5-3-11(19)4-6-12/h3-9H,10H2,1-2H3,(H,20,25)(H,21,24). The van der Waals surface area contributed by atoms with E-state index in [0.29, 0.717) is 17.2 Å². The lowest BCUT2D eigenvalue weighted by atomic mass is 10.3. The zero-order chi connectivity index (χ0) is 19.4. The number of nitrogens with one attached hydrogen (secondary N) is 2. The maximum atomic E-state index is 12.4. The summed E-state index contributed by atoms with van der Waals surface area (Å²) in [6.45, 7) is 0.199. The fraction of sp³-hybridized carbons (Fsp3) is 0.167. The molecule has 0 aliphatic rings. The lowest BCUT2D eigenvalue weighted by Gasteiger charge is -2.04. The molecule has 140 valence electrons. The lowest BCUT2D eigenvalue weighted by molar-refractivity contribution is 0.0958. The highest BCUT2D eigenvalue weighted by Gasteiger charge is 2.19. The first-order valence-corrected chi connectivity index (χ1v) is 9.08. The molecule has 9 heteroatoms. The quantitative estimate of drug-likeness (QED) is 0.529. The van der Waals surface area contributed by atoms with Crippen molar-refractivity contribution < 1.29 is 18.7 Å². The van der Waals surface area contributed by atoms with Crippen LogP contribution in [0.1, 0.15) is 26.8 Å². The van der Waals surface area contributed by atoms with Crippen LogP contribution in [0.15, 0.2) is 47.0 Å². The summed E-state index contributed by atoms with van der Waals surface area (Å²) >= 11 is 2.22. The van der Waals surface area contributed by atoms with E-state index in [0.717, 1.165) is 3.57 Å². The third-order valence-corrected chi connectivity index (χ3v) is 4.32. The van der Waals surface area contributed by atoms with Gasteiger partial charge in [-0.15, -0.1) is 0 Å². The topological polar surface area (TPSA) is 98.4 Å². The molecule has 1 aromatic carbocycles.